The number of morpholine rings is 1. The molecule has 0 bridgehead atoms. The fraction of sp³-hybridized carbons (Fsp3) is 0.417. The molecule has 0 aliphatic carbocycles. The average molecular weight is 300 g/mol. The minimum atomic E-state index is -0.268. The van der Waals surface area contributed by atoms with Crippen LogP contribution in [0.2, 0.25) is 0 Å². The second kappa shape index (κ2) is 5.62. The van der Waals surface area contributed by atoms with Crippen LogP contribution in [0.5, 0.6) is 0 Å². The van der Waals surface area contributed by atoms with Crippen molar-refractivity contribution >= 4 is 21.8 Å². The number of aliphatic hydroxyl groups is 1. The Hall–Kier alpha value is -0.910. The van der Waals surface area contributed by atoms with Gasteiger partial charge in [0.2, 0.25) is 5.91 Å². The van der Waals surface area contributed by atoms with E-state index in [1.807, 2.05) is 24.3 Å². The van der Waals surface area contributed by atoms with Crippen LogP contribution in [-0.4, -0.2) is 41.8 Å². The van der Waals surface area contributed by atoms with E-state index in [0.717, 1.165) is 10.0 Å². The molecule has 0 saturated carbocycles. The smallest absolute Gasteiger partial charge is 0.248 e. The molecule has 1 aromatic rings. The number of carbonyl (C=O) groups excluding carboxylic acids is 1. The number of amides is 1. The number of halogens is 1. The quantitative estimate of drug-likeness (QED) is 0.911. The highest BCUT2D eigenvalue weighted by atomic mass is 79.9. The molecule has 0 spiro atoms. The maximum atomic E-state index is 11.7. The second-order valence-corrected chi connectivity index (χ2v) is 4.84. The molecule has 1 N–H and O–H groups in total. The van der Waals surface area contributed by atoms with E-state index < -0.39 is 0 Å². The Labute approximate surface area is 108 Å². The van der Waals surface area contributed by atoms with Gasteiger partial charge in [-0.2, -0.15) is 0 Å². The summed E-state index contributed by atoms with van der Waals surface area (Å²) in [6.07, 6.45) is -0.268. The van der Waals surface area contributed by atoms with Crippen LogP contribution in [0.4, 0.5) is 0 Å². The van der Waals surface area contributed by atoms with E-state index >= 15 is 0 Å². The van der Waals surface area contributed by atoms with Gasteiger partial charge in [-0.15, -0.1) is 0 Å². The highest BCUT2D eigenvalue weighted by molar-refractivity contribution is 9.10. The summed E-state index contributed by atoms with van der Waals surface area (Å²) in [5.41, 5.74) is 1.06. The maximum absolute atomic E-state index is 11.7. The third-order valence-electron chi connectivity index (χ3n) is 2.74. The first-order chi connectivity index (χ1) is 8.20. The standard InChI is InChI=1S/C12H14BrNO3/c13-11-4-2-1-3-9(11)5-14-6-10(7-15)17-8-12(14)16/h1-4,10,15H,5-8H2. The first-order valence-electron chi connectivity index (χ1n) is 5.44. The van der Waals surface area contributed by atoms with Crippen molar-refractivity contribution in [1.29, 1.82) is 0 Å². The first kappa shape index (κ1) is 12.5. The van der Waals surface area contributed by atoms with E-state index in [-0.39, 0.29) is 25.2 Å². The molecule has 4 nitrogen and oxygen atoms in total. The van der Waals surface area contributed by atoms with Gasteiger partial charge in [0.1, 0.15) is 6.61 Å². The molecule has 5 heteroatoms. The van der Waals surface area contributed by atoms with Crippen LogP contribution in [0.1, 0.15) is 5.56 Å². The summed E-state index contributed by atoms with van der Waals surface area (Å²) in [6.45, 7) is 0.978. The van der Waals surface area contributed by atoms with Gasteiger partial charge in [0, 0.05) is 17.6 Å². The molecular formula is C12H14BrNO3. The van der Waals surface area contributed by atoms with Gasteiger partial charge in [-0.25, -0.2) is 0 Å². The average Bonchev–Trinajstić information content (AvgIpc) is 2.35. The lowest BCUT2D eigenvalue weighted by atomic mass is 10.2. The van der Waals surface area contributed by atoms with Crippen LogP contribution in [0.3, 0.4) is 0 Å². The fourth-order valence-electron chi connectivity index (χ4n) is 1.78. The SMILES string of the molecule is O=C1COC(CO)CN1Cc1ccccc1Br. The van der Waals surface area contributed by atoms with Gasteiger partial charge in [0.25, 0.3) is 0 Å². The summed E-state index contributed by atoms with van der Waals surface area (Å²) in [7, 11) is 0. The Kier molecular flexibility index (Phi) is 4.15. The molecule has 2 rings (SSSR count). The van der Waals surface area contributed by atoms with Crippen molar-refractivity contribution in [3.63, 3.8) is 0 Å². The summed E-state index contributed by atoms with van der Waals surface area (Å²) in [5, 5.41) is 9.04. The molecule has 1 unspecified atom stereocenters. The van der Waals surface area contributed by atoms with Gasteiger partial charge < -0.3 is 14.7 Å². The zero-order chi connectivity index (χ0) is 12.3. The highest BCUT2D eigenvalue weighted by Crippen LogP contribution is 2.19. The Morgan fingerprint density at radius 1 is 1.47 bits per heavy atom. The van der Waals surface area contributed by atoms with Gasteiger partial charge in [0.15, 0.2) is 0 Å². The van der Waals surface area contributed by atoms with Crippen LogP contribution >= 0.6 is 15.9 Å². The third-order valence-corrected chi connectivity index (χ3v) is 3.52. The van der Waals surface area contributed by atoms with Crippen LogP contribution in [0, 0.1) is 0 Å². The molecular weight excluding hydrogens is 286 g/mol. The number of ether oxygens (including phenoxy) is 1. The molecule has 1 heterocycles. The molecule has 0 aromatic heterocycles. The maximum Gasteiger partial charge on any atom is 0.248 e. The summed E-state index contributed by atoms with van der Waals surface area (Å²) in [5.74, 6) is -0.0366. The van der Waals surface area contributed by atoms with E-state index in [4.69, 9.17) is 9.84 Å². The van der Waals surface area contributed by atoms with E-state index in [1.54, 1.807) is 4.90 Å². The van der Waals surface area contributed by atoms with Gasteiger partial charge in [-0.05, 0) is 11.6 Å². The van der Waals surface area contributed by atoms with E-state index in [1.165, 1.54) is 0 Å². The second-order valence-electron chi connectivity index (χ2n) is 3.98. The molecule has 1 aliphatic heterocycles. The number of aliphatic hydroxyl groups excluding tert-OH is 1. The van der Waals surface area contributed by atoms with Crippen LogP contribution in [0.25, 0.3) is 0 Å². The summed E-state index contributed by atoms with van der Waals surface area (Å²) in [6, 6.07) is 7.80. The van der Waals surface area contributed by atoms with Crippen molar-refractivity contribution in [2.24, 2.45) is 0 Å². The molecule has 1 aliphatic rings. The number of benzene rings is 1. The Morgan fingerprint density at radius 3 is 2.94 bits per heavy atom. The highest BCUT2D eigenvalue weighted by Gasteiger charge is 2.25. The van der Waals surface area contributed by atoms with Gasteiger partial charge in [0.05, 0.1) is 12.7 Å². The lowest BCUT2D eigenvalue weighted by Crippen LogP contribution is -2.47. The van der Waals surface area contributed by atoms with Crippen molar-refractivity contribution in [1.82, 2.24) is 4.90 Å². The zero-order valence-electron chi connectivity index (χ0n) is 9.30. The molecule has 1 atom stereocenters. The van der Waals surface area contributed by atoms with Crippen molar-refractivity contribution in [3.8, 4) is 0 Å². The van der Waals surface area contributed by atoms with Crippen molar-refractivity contribution in [3.05, 3.63) is 34.3 Å². The Balaban J connectivity index is 2.07. The van der Waals surface area contributed by atoms with Crippen molar-refractivity contribution in [2.45, 2.75) is 12.6 Å². The molecule has 17 heavy (non-hydrogen) atoms. The lowest BCUT2D eigenvalue weighted by Gasteiger charge is -2.32. The zero-order valence-corrected chi connectivity index (χ0v) is 10.9. The summed E-state index contributed by atoms with van der Waals surface area (Å²) < 4.78 is 6.17. The van der Waals surface area contributed by atoms with E-state index in [9.17, 15) is 4.79 Å². The van der Waals surface area contributed by atoms with Crippen molar-refractivity contribution < 1.29 is 14.6 Å². The van der Waals surface area contributed by atoms with Gasteiger partial charge in [-0.3, -0.25) is 4.79 Å². The predicted octanol–water partition coefficient (Wildman–Crippen LogP) is 1.17. The summed E-state index contributed by atoms with van der Waals surface area (Å²) >= 11 is 3.46. The van der Waals surface area contributed by atoms with Crippen LogP contribution in [0.15, 0.2) is 28.7 Å². The predicted molar refractivity (Wildman–Crippen MR) is 66.4 cm³/mol. The topological polar surface area (TPSA) is 49.8 Å². The third kappa shape index (κ3) is 3.06. The minimum Gasteiger partial charge on any atom is -0.394 e. The first-order valence-corrected chi connectivity index (χ1v) is 6.23. The normalized spacial score (nSPS) is 20.7. The monoisotopic (exact) mass is 299 g/mol. The molecule has 1 amide bonds. The number of rotatable bonds is 3. The molecule has 1 fully saturated rings. The Morgan fingerprint density at radius 2 is 2.24 bits per heavy atom. The molecule has 1 aromatic carbocycles. The number of nitrogens with zero attached hydrogens (tertiary/aromatic N) is 1. The lowest BCUT2D eigenvalue weighted by molar-refractivity contribution is -0.151. The van der Waals surface area contributed by atoms with E-state index in [0.29, 0.717) is 13.1 Å². The van der Waals surface area contributed by atoms with Crippen LogP contribution in [-0.2, 0) is 16.1 Å². The number of carbonyl (C=O) groups is 1. The van der Waals surface area contributed by atoms with Gasteiger partial charge >= 0.3 is 0 Å². The minimum absolute atomic E-state index is 0.0366. The molecule has 1 saturated heterocycles. The van der Waals surface area contributed by atoms with E-state index in [2.05, 4.69) is 15.9 Å². The molecule has 0 radical (unpaired) electrons. The fourth-order valence-corrected chi connectivity index (χ4v) is 2.19. The van der Waals surface area contributed by atoms with Gasteiger partial charge in [-0.1, -0.05) is 34.1 Å². The number of hydrogen-bond acceptors (Lipinski definition) is 3. The summed E-state index contributed by atoms with van der Waals surface area (Å²) in [4.78, 5) is 13.4. The van der Waals surface area contributed by atoms with Crippen LogP contribution < -0.4 is 0 Å². The Bertz CT molecular complexity index is 410. The number of hydrogen-bond donors (Lipinski definition) is 1. The molecule has 92 valence electrons. The largest absolute Gasteiger partial charge is 0.394 e. The van der Waals surface area contributed by atoms with Crippen molar-refractivity contribution in [2.75, 3.05) is 19.8 Å².